The first-order chi connectivity index (χ1) is 14.3. The van der Waals surface area contributed by atoms with E-state index >= 15 is 0 Å². The Morgan fingerprint density at radius 2 is 2.03 bits per heavy atom. The highest BCUT2D eigenvalue weighted by Crippen LogP contribution is 2.30. The summed E-state index contributed by atoms with van der Waals surface area (Å²) >= 11 is 1.54. The third kappa shape index (κ3) is 3.84. The third-order valence-corrected chi connectivity index (χ3v) is 6.77. The summed E-state index contributed by atoms with van der Waals surface area (Å²) in [5.74, 6) is 1.79. The molecular weight excluding hydrogens is 382 g/mol. The first-order valence-electron chi connectivity index (χ1n) is 10.3. The number of nitrogens with zero attached hydrogens (tertiary/aromatic N) is 4. The van der Waals surface area contributed by atoms with Gasteiger partial charge in [-0.3, -0.25) is 9.78 Å². The Hall–Kier alpha value is -2.51. The molecule has 2 aliphatic rings. The maximum Gasteiger partial charge on any atom is 0.255 e. The van der Waals surface area contributed by atoms with Crippen LogP contribution in [0.4, 0.5) is 5.82 Å². The van der Waals surface area contributed by atoms with E-state index < -0.39 is 0 Å². The van der Waals surface area contributed by atoms with Gasteiger partial charge in [-0.25, -0.2) is 0 Å². The molecule has 5 rings (SSSR count). The van der Waals surface area contributed by atoms with Crippen molar-refractivity contribution in [1.29, 1.82) is 0 Å². The molecule has 2 aliphatic heterocycles. The zero-order valence-corrected chi connectivity index (χ0v) is 17.2. The first kappa shape index (κ1) is 18.5. The predicted octanol–water partition coefficient (Wildman–Crippen LogP) is 2.81. The summed E-state index contributed by atoms with van der Waals surface area (Å²) in [4.78, 5) is 21.6. The maximum atomic E-state index is 13.0. The van der Waals surface area contributed by atoms with E-state index in [1.165, 1.54) is 16.5 Å². The van der Waals surface area contributed by atoms with Crippen molar-refractivity contribution < 1.29 is 4.79 Å². The highest BCUT2D eigenvalue weighted by molar-refractivity contribution is 7.13. The molecule has 0 bridgehead atoms. The quantitative estimate of drug-likeness (QED) is 0.721. The van der Waals surface area contributed by atoms with Crippen molar-refractivity contribution >= 4 is 33.3 Å². The number of pyridine rings is 1. The van der Waals surface area contributed by atoms with Crippen LogP contribution in [0.2, 0.25) is 0 Å². The van der Waals surface area contributed by atoms with Gasteiger partial charge in [0.05, 0.1) is 10.3 Å². The summed E-state index contributed by atoms with van der Waals surface area (Å²) in [5, 5.41) is 4.61. The second-order valence-electron chi connectivity index (χ2n) is 7.93. The first-order valence-corrected chi connectivity index (χ1v) is 11.1. The van der Waals surface area contributed by atoms with E-state index in [1.807, 2.05) is 23.2 Å². The number of hydrogen-bond acceptors (Lipinski definition) is 6. The van der Waals surface area contributed by atoms with Crippen molar-refractivity contribution in [2.45, 2.75) is 12.8 Å². The number of nitrogens with one attached hydrogen (secondary N) is 1. The molecule has 1 amide bonds. The summed E-state index contributed by atoms with van der Waals surface area (Å²) in [6.45, 7) is 5.18. The molecule has 0 spiro atoms. The van der Waals surface area contributed by atoms with E-state index in [9.17, 15) is 4.79 Å². The lowest BCUT2D eigenvalue weighted by molar-refractivity contribution is 0.0746. The SMILES string of the molecule is O=C(c1cncc(CC2CCNC2)c1)N1CCN(c2nsc3ccccc23)CC1. The lowest BCUT2D eigenvalue weighted by Crippen LogP contribution is -2.49. The lowest BCUT2D eigenvalue weighted by Gasteiger charge is -2.35. The van der Waals surface area contributed by atoms with Gasteiger partial charge >= 0.3 is 0 Å². The van der Waals surface area contributed by atoms with Crippen LogP contribution in [0.1, 0.15) is 22.3 Å². The Kier molecular flexibility index (Phi) is 5.16. The Balaban J connectivity index is 1.24. The second-order valence-corrected chi connectivity index (χ2v) is 8.73. The molecule has 0 saturated carbocycles. The van der Waals surface area contributed by atoms with E-state index in [0.717, 1.165) is 44.0 Å². The molecule has 0 aliphatic carbocycles. The molecule has 2 saturated heterocycles. The largest absolute Gasteiger partial charge is 0.352 e. The number of hydrogen-bond donors (Lipinski definition) is 1. The van der Waals surface area contributed by atoms with Gasteiger partial charge in [-0.1, -0.05) is 12.1 Å². The van der Waals surface area contributed by atoms with Gasteiger partial charge in [-0.2, -0.15) is 4.37 Å². The summed E-state index contributed by atoms with van der Waals surface area (Å²) in [7, 11) is 0. The number of fused-ring (bicyclic) bond motifs is 1. The van der Waals surface area contributed by atoms with E-state index in [2.05, 4.69) is 37.8 Å². The summed E-state index contributed by atoms with van der Waals surface area (Å²) in [6.07, 6.45) is 5.80. The topological polar surface area (TPSA) is 61.4 Å². The Morgan fingerprint density at radius 3 is 2.86 bits per heavy atom. The van der Waals surface area contributed by atoms with Crippen molar-refractivity contribution in [3.05, 3.63) is 53.9 Å². The monoisotopic (exact) mass is 407 g/mol. The highest BCUT2D eigenvalue weighted by atomic mass is 32.1. The van der Waals surface area contributed by atoms with Crippen LogP contribution in [0.25, 0.3) is 10.1 Å². The minimum Gasteiger partial charge on any atom is -0.352 e. The fourth-order valence-corrected chi connectivity index (χ4v) is 5.14. The van der Waals surface area contributed by atoms with Gasteiger partial charge in [0.25, 0.3) is 5.91 Å². The minimum absolute atomic E-state index is 0.0895. The van der Waals surface area contributed by atoms with Crippen LogP contribution >= 0.6 is 11.5 Å². The van der Waals surface area contributed by atoms with Gasteiger partial charge < -0.3 is 15.1 Å². The van der Waals surface area contributed by atoms with E-state index in [-0.39, 0.29) is 5.91 Å². The van der Waals surface area contributed by atoms with Crippen molar-refractivity contribution in [3.8, 4) is 0 Å². The molecule has 0 radical (unpaired) electrons. The van der Waals surface area contributed by atoms with Crippen LogP contribution in [-0.4, -0.2) is 59.4 Å². The number of piperazine rings is 1. The fraction of sp³-hybridized carbons (Fsp3) is 0.409. The van der Waals surface area contributed by atoms with Crippen molar-refractivity contribution in [3.63, 3.8) is 0 Å². The number of aromatic nitrogens is 2. The number of rotatable bonds is 4. The van der Waals surface area contributed by atoms with E-state index in [1.54, 1.807) is 17.7 Å². The Labute approximate surface area is 174 Å². The Bertz CT molecular complexity index is 1010. The van der Waals surface area contributed by atoms with Crippen molar-refractivity contribution in [1.82, 2.24) is 19.6 Å². The van der Waals surface area contributed by atoms with Crippen LogP contribution in [-0.2, 0) is 6.42 Å². The van der Waals surface area contributed by atoms with Gasteiger partial charge in [0.2, 0.25) is 0 Å². The highest BCUT2D eigenvalue weighted by Gasteiger charge is 2.25. The van der Waals surface area contributed by atoms with Gasteiger partial charge in [0.15, 0.2) is 0 Å². The fourth-order valence-electron chi connectivity index (χ4n) is 4.34. The third-order valence-electron chi connectivity index (χ3n) is 5.95. The molecule has 7 heteroatoms. The molecule has 1 unspecified atom stereocenters. The van der Waals surface area contributed by atoms with Gasteiger partial charge in [0, 0.05) is 44.0 Å². The summed E-state index contributed by atoms with van der Waals surface area (Å²) in [5.41, 5.74) is 1.87. The van der Waals surface area contributed by atoms with Crippen molar-refractivity contribution in [2.75, 3.05) is 44.2 Å². The van der Waals surface area contributed by atoms with Crippen LogP contribution in [0.3, 0.4) is 0 Å². The van der Waals surface area contributed by atoms with Gasteiger partial charge in [0.1, 0.15) is 5.82 Å². The average Bonchev–Trinajstić information content (AvgIpc) is 3.43. The van der Waals surface area contributed by atoms with Crippen LogP contribution < -0.4 is 10.2 Å². The zero-order chi connectivity index (χ0) is 19.6. The molecule has 150 valence electrons. The van der Waals surface area contributed by atoms with Gasteiger partial charge in [-0.15, -0.1) is 0 Å². The van der Waals surface area contributed by atoms with E-state index in [0.29, 0.717) is 24.6 Å². The number of benzene rings is 1. The molecule has 4 heterocycles. The number of carbonyl (C=O) groups is 1. The molecule has 3 aromatic rings. The van der Waals surface area contributed by atoms with Crippen LogP contribution in [0, 0.1) is 5.92 Å². The molecular formula is C22H25N5OS. The normalized spacial score (nSPS) is 19.8. The minimum atomic E-state index is 0.0895. The maximum absolute atomic E-state index is 13.0. The average molecular weight is 408 g/mol. The summed E-state index contributed by atoms with van der Waals surface area (Å²) < 4.78 is 5.87. The molecule has 29 heavy (non-hydrogen) atoms. The smallest absolute Gasteiger partial charge is 0.255 e. The summed E-state index contributed by atoms with van der Waals surface area (Å²) in [6, 6.07) is 10.4. The predicted molar refractivity (Wildman–Crippen MR) is 117 cm³/mol. The second kappa shape index (κ2) is 8.08. The number of amides is 1. The van der Waals surface area contributed by atoms with Gasteiger partial charge in [-0.05, 0) is 67.1 Å². The number of anilines is 1. The molecule has 6 nitrogen and oxygen atoms in total. The molecule has 2 fully saturated rings. The molecule has 1 aromatic carbocycles. The standard InChI is InChI=1S/C22H25N5OS/c28-22(18-12-17(14-24-15-18)11-16-5-6-23-13-16)27-9-7-26(8-10-27)21-19-3-1-2-4-20(19)29-25-21/h1-4,12,14-16,23H,5-11,13H2. The van der Waals surface area contributed by atoms with E-state index in [4.69, 9.17) is 0 Å². The van der Waals surface area contributed by atoms with Crippen LogP contribution in [0.5, 0.6) is 0 Å². The lowest BCUT2D eigenvalue weighted by atomic mass is 9.99. The Morgan fingerprint density at radius 1 is 1.17 bits per heavy atom. The number of carbonyl (C=O) groups excluding carboxylic acids is 1. The van der Waals surface area contributed by atoms with Crippen molar-refractivity contribution in [2.24, 2.45) is 5.92 Å². The molecule has 1 atom stereocenters. The molecule has 2 aromatic heterocycles. The zero-order valence-electron chi connectivity index (χ0n) is 16.4. The molecule has 1 N–H and O–H groups in total. The van der Waals surface area contributed by atoms with Crippen LogP contribution in [0.15, 0.2) is 42.7 Å².